The first-order valence-corrected chi connectivity index (χ1v) is 5.92. The highest BCUT2D eigenvalue weighted by Crippen LogP contribution is 2.23. The van der Waals surface area contributed by atoms with Crippen LogP contribution in [0.15, 0.2) is 0 Å². The molecule has 0 aromatic rings. The lowest BCUT2D eigenvalue weighted by atomic mass is 9.85. The molecule has 14 heavy (non-hydrogen) atoms. The van der Waals surface area contributed by atoms with Crippen molar-refractivity contribution in [3.8, 4) is 0 Å². The van der Waals surface area contributed by atoms with Gasteiger partial charge in [-0.15, -0.1) is 0 Å². The van der Waals surface area contributed by atoms with Gasteiger partial charge in [0.15, 0.2) is 0 Å². The predicted molar refractivity (Wildman–Crippen MR) is 64.5 cm³/mol. The van der Waals surface area contributed by atoms with Crippen LogP contribution in [0.2, 0.25) is 0 Å². The average Bonchev–Trinajstić information content (AvgIpc) is 2.16. The standard InChI is InChI=1S/C12H28N2/c1-6-8-9-10-11(13)12(3,7-2)14(4)5/h11H,6-10,13H2,1-5H3. The third-order valence-corrected chi connectivity index (χ3v) is 3.65. The molecule has 0 radical (unpaired) electrons. The molecule has 0 saturated heterocycles. The van der Waals surface area contributed by atoms with Gasteiger partial charge in [0.05, 0.1) is 0 Å². The van der Waals surface area contributed by atoms with Crippen molar-refractivity contribution in [1.29, 1.82) is 0 Å². The summed E-state index contributed by atoms with van der Waals surface area (Å²) < 4.78 is 0. The monoisotopic (exact) mass is 200 g/mol. The number of unbranched alkanes of at least 4 members (excludes halogenated alkanes) is 2. The van der Waals surface area contributed by atoms with Crippen LogP contribution < -0.4 is 5.73 Å². The second-order valence-corrected chi connectivity index (χ2v) is 4.71. The Bertz CT molecular complexity index is 145. The van der Waals surface area contributed by atoms with Gasteiger partial charge in [0.25, 0.3) is 0 Å². The largest absolute Gasteiger partial charge is 0.326 e. The molecule has 0 aromatic heterocycles. The van der Waals surface area contributed by atoms with Gasteiger partial charge in [0, 0.05) is 11.6 Å². The zero-order valence-electron chi connectivity index (χ0n) is 10.6. The van der Waals surface area contributed by atoms with Crippen molar-refractivity contribution in [2.24, 2.45) is 5.73 Å². The molecule has 2 unspecified atom stereocenters. The van der Waals surface area contributed by atoms with E-state index in [2.05, 4.69) is 39.8 Å². The minimum atomic E-state index is 0.160. The van der Waals surface area contributed by atoms with Crippen LogP contribution in [0.1, 0.15) is 52.9 Å². The Morgan fingerprint density at radius 1 is 1.21 bits per heavy atom. The molecule has 0 aliphatic rings. The molecule has 0 spiro atoms. The van der Waals surface area contributed by atoms with E-state index >= 15 is 0 Å². The van der Waals surface area contributed by atoms with Crippen molar-refractivity contribution in [1.82, 2.24) is 4.90 Å². The summed E-state index contributed by atoms with van der Waals surface area (Å²) in [6.07, 6.45) is 6.11. The Kier molecular flexibility index (Phi) is 6.38. The first kappa shape index (κ1) is 13.9. The maximum atomic E-state index is 6.26. The smallest absolute Gasteiger partial charge is 0.0323 e. The summed E-state index contributed by atoms with van der Waals surface area (Å²) in [5.74, 6) is 0. The molecule has 0 aliphatic heterocycles. The van der Waals surface area contributed by atoms with E-state index in [4.69, 9.17) is 5.73 Å². The Morgan fingerprint density at radius 3 is 2.14 bits per heavy atom. The normalized spacial score (nSPS) is 18.2. The lowest BCUT2D eigenvalue weighted by Gasteiger charge is -2.41. The van der Waals surface area contributed by atoms with E-state index in [0.717, 1.165) is 12.8 Å². The first-order chi connectivity index (χ1) is 6.49. The van der Waals surface area contributed by atoms with Gasteiger partial charge in [-0.1, -0.05) is 33.1 Å². The molecule has 0 fully saturated rings. The lowest BCUT2D eigenvalue weighted by Crippen LogP contribution is -2.54. The number of likely N-dealkylation sites (N-methyl/N-ethyl adjacent to an activating group) is 1. The van der Waals surface area contributed by atoms with Gasteiger partial charge in [-0.3, -0.25) is 0 Å². The summed E-state index contributed by atoms with van der Waals surface area (Å²) in [4.78, 5) is 2.27. The number of nitrogens with two attached hydrogens (primary N) is 1. The highest BCUT2D eigenvalue weighted by atomic mass is 15.2. The fourth-order valence-corrected chi connectivity index (χ4v) is 1.84. The molecule has 0 aliphatic carbocycles. The van der Waals surface area contributed by atoms with Crippen LogP contribution in [0.3, 0.4) is 0 Å². The number of nitrogens with zero attached hydrogens (tertiary/aromatic N) is 1. The fourth-order valence-electron chi connectivity index (χ4n) is 1.84. The van der Waals surface area contributed by atoms with Gasteiger partial charge in [-0.25, -0.2) is 0 Å². The van der Waals surface area contributed by atoms with Crippen LogP contribution in [0.25, 0.3) is 0 Å². The Balaban J connectivity index is 4.10. The molecule has 2 nitrogen and oxygen atoms in total. The summed E-state index contributed by atoms with van der Waals surface area (Å²) in [6, 6.07) is 0.300. The lowest BCUT2D eigenvalue weighted by molar-refractivity contribution is 0.126. The molecule has 2 atom stereocenters. The van der Waals surface area contributed by atoms with E-state index in [1.54, 1.807) is 0 Å². The molecule has 86 valence electrons. The summed E-state index contributed by atoms with van der Waals surface area (Å²) in [5, 5.41) is 0. The van der Waals surface area contributed by atoms with Crippen LogP contribution in [0.5, 0.6) is 0 Å². The molecular weight excluding hydrogens is 172 g/mol. The second kappa shape index (κ2) is 6.41. The topological polar surface area (TPSA) is 29.3 Å². The van der Waals surface area contributed by atoms with Gasteiger partial charge in [-0.05, 0) is 33.9 Å². The number of rotatable bonds is 7. The van der Waals surface area contributed by atoms with E-state index in [0.29, 0.717) is 6.04 Å². The van der Waals surface area contributed by atoms with E-state index < -0.39 is 0 Å². The van der Waals surface area contributed by atoms with Crippen LogP contribution in [0.4, 0.5) is 0 Å². The van der Waals surface area contributed by atoms with Gasteiger partial charge >= 0.3 is 0 Å². The molecule has 0 heterocycles. The van der Waals surface area contributed by atoms with Crippen LogP contribution in [0, 0.1) is 0 Å². The molecule has 2 N–H and O–H groups in total. The summed E-state index contributed by atoms with van der Waals surface area (Å²) in [5.41, 5.74) is 6.42. The first-order valence-electron chi connectivity index (χ1n) is 5.92. The van der Waals surface area contributed by atoms with Crippen molar-refractivity contribution >= 4 is 0 Å². The Morgan fingerprint density at radius 2 is 1.79 bits per heavy atom. The quantitative estimate of drug-likeness (QED) is 0.640. The number of hydrogen-bond acceptors (Lipinski definition) is 2. The van der Waals surface area contributed by atoms with Crippen molar-refractivity contribution in [2.45, 2.75) is 64.5 Å². The minimum Gasteiger partial charge on any atom is -0.326 e. The van der Waals surface area contributed by atoms with E-state index in [1.807, 2.05) is 0 Å². The molecule has 0 bridgehead atoms. The third kappa shape index (κ3) is 3.58. The van der Waals surface area contributed by atoms with Crippen molar-refractivity contribution in [3.63, 3.8) is 0 Å². The van der Waals surface area contributed by atoms with Crippen LogP contribution >= 0.6 is 0 Å². The molecule has 0 aromatic carbocycles. The predicted octanol–water partition coefficient (Wildman–Crippen LogP) is 2.62. The van der Waals surface area contributed by atoms with Gasteiger partial charge in [0.2, 0.25) is 0 Å². The summed E-state index contributed by atoms with van der Waals surface area (Å²) in [6.45, 7) is 6.72. The highest BCUT2D eigenvalue weighted by Gasteiger charge is 2.31. The van der Waals surface area contributed by atoms with Gasteiger partial charge in [-0.2, -0.15) is 0 Å². The summed E-state index contributed by atoms with van der Waals surface area (Å²) in [7, 11) is 4.26. The average molecular weight is 200 g/mol. The highest BCUT2D eigenvalue weighted by molar-refractivity contribution is 4.91. The SMILES string of the molecule is CCCCCC(N)C(C)(CC)N(C)C. The minimum absolute atomic E-state index is 0.160. The molecule has 0 saturated carbocycles. The fraction of sp³-hybridized carbons (Fsp3) is 1.00. The van der Waals surface area contributed by atoms with E-state index in [9.17, 15) is 0 Å². The van der Waals surface area contributed by atoms with E-state index in [-0.39, 0.29) is 5.54 Å². The maximum absolute atomic E-state index is 6.26. The second-order valence-electron chi connectivity index (χ2n) is 4.71. The Hall–Kier alpha value is -0.0800. The third-order valence-electron chi connectivity index (χ3n) is 3.65. The maximum Gasteiger partial charge on any atom is 0.0323 e. The molecule has 2 heteroatoms. The Labute approximate surface area is 89.9 Å². The van der Waals surface area contributed by atoms with Crippen molar-refractivity contribution < 1.29 is 0 Å². The van der Waals surface area contributed by atoms with Crippen LogP contribution in [-0.2, 0) is 0 Å². The van der Waals surface area contributed by atoms with Crippen molar-refractivity contribution in [3.05, 3.63) is 0 Å². The van der Waals surface area contributed by atoms with Crippen molar-refractivity contribution in [2.75, 3.05) is 14.1 Å². The summed E-state index contributed by atoms with van der Waals surface area (Å²) >= 11 is 0. The molecule has 0 amide bonds. The van der Waals surface area contributed by atoms with Crippen LogP contribution in [-0.4, -0.2) is 30.6 Å². The van der Waals surface area contributed by atoms with E-state index in [1.165, 1.54) is 19.3 Å². The zero-order chi connectivity index (χ0) is 11.2. The molecule has 0 rings (SSSR count). The van der Waals surface area contributed by atoms with Gasteiger partial charge < -0.3 is 10.6 Å². The van der Waals surface area contributed by atoms with Gasteiger partial charge in [0.1, 0.15) is 0 Å². The number of hydrogen-bond donors (Lipinski definition) is 1. The molecular formula is C12H28N2. The zero-order valence-corrected chi connectivity index (χ0v) is 10.6.